The lowest BCUT2D eigenvalue weighted by molar-refractivity contribution is -0.181. The number of ether oxygens (including phenoxy) is 3. The van der Waals surface area contributed by atoms with Gasteiger partial charge in [0.2, 0.25) is 0 Å². The van der Waals surface area contributed by atoms with Crippen molar-refractivity contribution in [3.05, 3.63) is 94.5 Å². The van der Waals surface area contributed by atoms with Crippen LogP contribution in [0, 0.1) is 5.92 Å². The first-order chi connectivity index (χ1) is 18.7. The predicted molar refractivity (Wildman–Crippen MR) is 134 cm³/mol. The van der Waals surface area contributed by atoms with E-state index < -0.39 is 47.0 Å². The molecule has 200 valence electrons. The molecular weight excluding hydrogens is 506 g/mol. The molecule has 1 saturated carbocycles. The number of hydroxylamine groups is 2. The Balaban J connectivity index is 1.71. The molecule has 0 saturated heterocycles. The summed E-state index contributed by atoms with van der Waals surface area (Å²) in [7, 11) is 4.22. The first-order valence-electron chi connectivity index (χ1n) is 12.2. The van der Waals surface area contributed by atoms with Crippen LogP contribution in [0.4, 0.5) is 0 Å². The summed E-state index contributed by atoms with van der Waals surface area (Å²) in [6, 6.07) is 18.4. The Morgan fingerprint density at radius 3 is 2.31 bits per heavy atom. The fourth-order valence-electron chi connectivity index (χ4n) is 6.40. The van der Waals surface area contributed by atoms with Gasteiger partial charge >= 0.3 is 11.9 Å². The second kappa shape index (κ2) is 8.63. The molecule has 0 spiro atoms. The molecule has 1 fully saturated rings. The third-order valence-electron chi connectivity index (χ3n) is 8.11. The monoisotopic (exact) mass is 531 g/mol. The Hall–Kier alpha value is -4.25. The van der Waals surface area contributed by atoms with Crippen LogP contribution in [0.25, 0.3) is 0 Å². The summed E-state index contributed by atoms with van der Waals surface area (Å²) in [5.74, 6) is -4.11. The van der Waals surface area contributed by atoms with Crippen LogP contribution in [0.2, 0.25) is 0 Å². The molecule has 1 amide bonds. The molecule has 2 aliphatic heterocycles. The summed E-state index contributed by atoms with van der Waals surface area (Å²) >= 11 is 0. The maximum absolute atomic E-state index is 13.8. The van der Waals surface area contributed by atoms with Gasteiger partial charge in [0.1, 0.15) is 17.6 Å². The van der Waals surface area contributed by atoms with E-state index in [0.717, 1.165) is 5.06 Å². The maximum atomic E-state index is 13.8. The van der Waals surface area contributed by atoms with Crippen LogP contribution in [0.1, 0.15) is 43.3 Å². The van der Waals surface area contributed by atoms with Crippen molar-refractivity contribution in [1.82, 2.24) is 5.06 Å². The van der Waals surface area contributed by atoms with Gasteiger partial charge in [-0.2, -0.15) is 0 Å². The number of cyclic esters (lactones) is 2. The van der Waals surface area contributed by atoms with E-state index in [-0.39, 0.29) is 22.4 Å². The molecule has 0 radical (unpaired) electrons. The van der Waals surface area contributed by atoms with Gasteiger partial charge in [0.25, 0.3) is 5.91 Å². The minimum absolute atomic E-state index is 0.0615. The van der Waals surface area contributed by atoms with Crippen LogP contribution >= 0.6 is 0 Å². The summed E-state index contributed by atoms with van der Waals surface area (Å²) in [6.07, 6.45) is -1.80. The number of rotatable bonds is 5. The van der Waals surface area contributed by atoms with E-state index in [0.29, 0.717) is 16.9 Å². The average molecular weight is 532 g/mol. The van der Waals surface area contributed by atoms with Gasteiger partial charge in [-0.25, -0.2) is 14.7 Å². The normalized spacial score (nSPS) is 28.3. The van der Waals surface area contributed by atoms with Crippen molar-refractivity contribution < 1.29 is 43.6 Å². The Morgan fingerprint density at radius 1 is 0.974 bits per heavy atom. The molecule has 2 N–H and O–H groups in total. The van der Waals surface area contributed by atoms with Gasteiger partial charge < -0.3 is 24.4 Å². The standard InChI is InChI=1S/C29H25NO9/c1-30(37-3)25(32)21-22(15-7-5-4-6-8-15)29(16-9-11-17(36-2)12-10-16)28(35,24(21)31)23-19(39-29)14-13-18-20(23)27(34)38-26(18)33/h4-14,21-22,24,31,35H,1-3H3/t21-,22-,24-,28+,29+/m1/s1. The van der Waals surface area contributed by atoms with E-state index in [9.17, 15) is 24.6 Å². The lowest BCUT2D eigenvalue weighted by Crippen LogP contribution is -2.52. The summed E-state index contributed by atoms with van der Waals surface area (Å²) in [5, 5.41) is 25.8. The molecule has 10 nitrogen and oxygen atoms in total. The summed E-state index contributed by atoms with van der Waals surface area (Å²) in [6.45, 7) is 0. The van der Waals surface area contributed by atoms with Crippen molar-refractivity contribution in [2.45, 2.75) is 23.2 Å². The molecule has 10 heteroatoms. The van der Waals surface area contributed by atoms with E-state index in [2.05, 4.69) is 0 Å². The molecule has 3 aromatic carbocycles. The first-order valence-corrected chi connectivity index (χ1v) is 12.2. The Bertz CT molecular complexity index is 1510. The van der Waals surface area contributed by atoms with Crippen LogP contribution in [0.3, 0.4) is 0 Å². The fraction of sp³-hybridized carbons (Fsp3) is 0.276. The number of fused-ring (bicyclic) bond motifs is 5. The summed E-state index contributed by atoms with van der Waals surface area (Å²) in [5.41, 5.74) is -3.55. The highest BCUT2D eigenvalue weighted by Gasteiger charge is 2.78. The predicted octanol–water partition coefficient (Wildman–Crippen LogP) is 2.28. The van der Waals surface area contributed by atoms with Gasteiger partial charge in [-0.1, -0.05) is 42.5 Å². The molecule has 0 unspecified atom stereocenters. The quantitative estimate of drug-likeness (QED) is 0.289. The Kier molecular flexibility index (Phi) is 5.55. The van der Waals surface area contributed by atoms with Crippen molar-refractivity contribution in [2.24, 2.45) is 5.92 Å². The third-order valence-corrected chi connectivity index (χ3v) is 8.11. The Morgan fingerprint density at radius 2 is 1.67 bits per heavy atom. The van der Waals surface area contributed by atoms with E-state index in [1.165, 1.54) is 33.4 Å². The van der Waals surface area contributed by atoms with Crippen molar-refractivity contribution >= 4 is 17.8 Å². The third kappa shape index (κ3) is 3.10. The van der Waals surface area contributed by atoms with Gasteiger partial charge in [0.15, 0.2) is 11.2 Å². The molecule has 5 atom stereocenters. The smallest absolute Gasteiger partial charge is 0.347 e. The zero-order chi connectivity index (χ0) is 27.7. The zero-order valence-electron chi connectivity index (χ0n) is 21.3. The van der Waals surface area contributed by atoms with Crippen LogP contribution in [0.15, 0.2) is 66.7 Å². The Labute approximate surface area is 223 Å². The topological polar surface area (TPSA) is 132 Å². The lowest BCUT2D eigenvalue weighted by atomic mass is 9.70. The number of carbonyl (C=O) groups excluding carboxylic acids is 3. The minimum atomic E-state index is -2.37. The summed E-state index contributed by atoms with van der Waals surface area (Å²) in [4.78, 5) is 44.3. The second-order valence-electron chi connectivity index (χ2n) is 9.75. The average Bonchev–Trinajstić information content (AvgIpc) is 3.48. The maximum Gasteiger partial charge on any atom is 0.347 e. The van der Waals surface area contributed by atoms with E-state index >= 15 is 0 Å². The molecule has 0 bridgehead atoms. The van der Waals surface area contributed by atoms with Crippen LogP contribution < -0.4 is 9.47 Å². The molecule has 3 aliphatic rings. The highest BCUT2D eigenvalue weighted by molar-refractivity contribution is 6.16. The first kappa shape index (κ1) is 25.1. The van der Waals surface area contributed by atoms with Crippen molar-refractivity contribution in [3.63, 3.8) is 0 Å². The molecule has 1 aliphatic carbocycles. The highest BCUT2D eigenvalue weighted by Crippen LogP contribution is 2.69. The number of aliphatic hydroxyl groups excluding tert-OH is 1. The van der Waals surface area contributed by atoms with Gasteiger partial charge in [-0.05, 0) is 35.4 Å². The summed E-state index contributed by atoms with van der Waals surface area (Å²) < 4.78 is 16.8. The van der Waals surface area contributed by atoms with Gasteiger partial charge in [-0.15, -0.1) is 0 Å². The van der Waals surface area contributed by atoms with E-state index in [1.807, 2.05) is 0 Å². The number of carbonyl (C=O) groups is 3. The molecule has 6 rings (SSSR count). The molecule has 39 heavy (non-hydrogen) atoms. The number of nitrogens with zero attached hydrogens (tertiary/aromatic N) is 1. The number of hydrogen-bond acceptors (Lipinski definition) is 9. The van der Waals surface area contributed by atoms with Gasteiger partial charge in [0, 0.05) is 18.5 Å². The van der Waals surface area contributed by atoms with Crippen LogP contribution in [-0.2, 0) is 25.6 Å². The highest BCUT2D eigenvalue weighted by atomic mass is 16.7. The molecule has 2 heterocycles. The van der Waals surface area contributed by atoms with Crippen molar-refractivity contribution in [2.75, 3.05) is 21.3 Å². The number of hydrogen-bond donors (Lipinski definition) is 2. The second-order valence-corrected chi connectivity index (χ2v) is 9.75. The minimum Gasteiger partial charge on any atom is -0.497 e. The molecule has 3 aromatic rings. The number of amides is 1. The van der Waals surface area contributed by atoms with Gasteiger partial charge in [0.05, 0.1) is 31.3 Å². The van der Waals surface area contributed by atoms with Gasteiger partial charge in [-0.3, -0.25) is 9.63 Å². The number of methoxy groups -OCH3 is 1. The van der Waals surface area contributed by atoms with Crippen LogP contribution in [-0.4, -0.2) is 60.5 Å². The number of esters is 2. The lowest BCUT2D eigenvalue weighted by Gasteiger charge is -2.41. The molecular formula is C29H25NO9. The largest absolute Gasteiger partial charge is 0.497 e. The SMILES string of the molecule is COc1ccc([C@@]23Oc4ccc5c(c4[C@]2(O)[C@H](O)[C@H](C(=O)N(C)OC)[C@H]3c2ccccc2)C(=O)OC5=O)cc1. The zero-order valence-corrected chi connectivity index (χ0v) is 21.3. The number of aliphatic hydroxyl groups is 2. The molecule has 0 aromatic heterocycles. The van der Waals surface area contributed by atoms with E-state index in [1.54, 1.807) is 54.6 Å². The fourth-order valence-corrected chi connectivity index (χ4v) is 6.40. The van der Waals surface area contributed by atoms with Crippen molar-refractivity contribution in [3.8, 4) is 11.5 Å². The van der Waals surface area contributed by atoms with Crippen molar-refractivity contribution in [1.29, 1.82) is 0 Å². The van der Waals surface area contributed by atoms with Crippen LogP contribution in [0.5, 0.6) is 11.5 Å². The van der Waals surface area contributed by atoms with E-state index in [4.69, 9.17) is 19.0 Å². The number of benzene rings is 3.